The summed E-state index contributed by atoms with van der Waals surface area (Å²) in [6.07, 6.45) is 12.1. The quantitative estimate of drug-likeness (QED) is 0.861. The van der Waals surface area contributed by atoms with Crippen LogP contribution in [0, 0.1) is 12.3 Å². The molecule has 2 N–H and O–H groups in total. The molecule has 1 saturated heterocycles. The summed E-state index contributed by atoms with van der Waals surface area (Å²) in [6.45, 7) is 6.08. The van der Waals surface area contributed by atoms with E-state index in [0.717, 1.165) is 49.2 Å². The Kier molecular flexibility index (Phi) is 4.04. The molecule has 0 amide bonds. The Labute approximate surface area is 172 Å². The first-order valence-electron chi connectivity index (χ1n) is 11.2. The average Bonchev–Trinajstić information content (AvgIpc) is 3.42. The fourth-order valence-electron chi connectivity index (χ4n) is 5.82. The van der Waals surface area contributed by atoms with E-state index in [1.165, 1.54) is 44.3 Å². The van der Waals surface area contributed by atoms with Gasteiger partial charge in [0.15, 0.2) is 0 Å². The second-order valence-electron chi connectivity index (χ2n) is 9.86. The highest BCUT2D eigenvalue weighted by Crippen LogP contribution is 2.62. The number of nitrogens with zero attached hydrogens (tertiary/aromatic N) is 4. The fourth-order valence-corrected chi connectivity index (χ4v) is 5.82. The molecule has 6 nitrogen and oxygen atoms in total. The maximum Gasteiger partial charge on any atom is 0.126 e. The lowest BCUT2D eigenvalue weighted by atomic mass is 9.51. The molecule has 6 rings (SSSR count). The molecule has 154 valence electrons. The molecule has 0 radical (unpaired) electrons. The largest absolute Gasteiger partial charge is 0.383 e. The topological polar surface area (TPSA) is 69.2 Å². The Balaban J connectivity index is 1.17. The molecule has 0 unspecified atom stereocenters. The predicted molar refractivity (Wildman–Crippen MR) is 113 cm³/mol. The van der Waals surface area contributed by atoms with E-state index < -0.39 is 0 Å². The SMILES string of the molecule is Cc1cc(-c2cn(C3CC4(CC(N5CCOCC5)C4)C3)c(C3CC3)n2)cnc1N. The van der Waals surface area contributed by atoms with E-state index >= 15 is 0 Å². The maximum atomic E-state index is 5.91. The van der Waals surface area contributed by atoms with Crippen molar-refractivity contribution in [3.63, 3.8) is 0 Å². The van der Waals surface area contributed by atoms with Crippen molar-refractivity contribution in [3.05, 3.63) is 29.8 Å². The molecule has 3 heterocycles. The first kappa shape index (κ1) is 17.9. The number of aryl methyl sites for hydroxylation is 1. The normalized spacial score (nSPS) is 32.2. The molecule has 0 atom stereocenters. The molecule has 6 heteroatoms. The van der Waals surface area contributed by atoms with Gasteiger partial charge in [-0.15, -0.1) is 0 Å². The highest BCUT2D eigenvalue weighted by atomic mass is 16.5. The summed E-state index contributed by atoms with van der Waals surface area (Å²) in [5.74, 6) is 2.57. The Morgan fingerprint density at radius 1 is 1.10 bits per heavy atom. The lowest BCUT2D eigenvalue weighted by Gasteiger charge is -2.60. The van der Waals surface area contributed by atoms with Gasteiger partial charge in [0.25, 0.3) is 0 Å². The van der Waals surface area contributed by atoms with Crippen molar-refractivity contribution in [3.8, 4) is 11.3 Å². The van der Waals surface area contributed by atoms with E-state index in [2.05, 4.69) is 26.7 Å². The third kappa shape index (κ3) is 3.08. The van der Waals surface area contributed by atoms with Crippen molar-refractivity contribution < 1.29 is 4.74 Å². The Bertz CT molecular complexity index is 913. The molecule has 4 fully saturated rings. The number of ether oxygens (including phenoxy) is 1. The van der Waals surface area contributed by atoms with E-state index in [4.69, 9.17) is 15.5 Å². The summed E-state index contributed by atoms with van der Waals surface area (Å²) in [7, 11) is 0. The van der Waals surface area contributed by atoms with Gasteiger partial charge in [-0.1, -0.05) is 0 Å². The zero-order chi connectivity index (χ0) is 19.6. The van der Waals surface area contributed by atoms with Crippen molar-refractivity contribution in [1.29, 1.82) is 0 Å². The summed E-state index contributed by atoms with van der Waals surface area (Å²) in [5, 5.41) is 0. The van der Waals surface area contributed by atoms with Gasteiger partial charge in [-0.3, -0.25) is 4.90 Å². The van der Waals surface area contributed by atoms with E-state index in [0.29, 0.717) is 23.2 Å². The number of nitrogen functional groups attached to an aromatic ring is 1. The Morgan fingerprint density at radius 3 is 2.52 bits per heavy atom. The minimum Gasteiger partial charge on any atom is -0.383 e. The van der Waals surface area contributed by atoms with Crippen molar-refractivity contribution in [1.82, 2.24) is 19.4 Å². The van der Waals surface area contributed by atoms with Crippen molar-refractivity contribution in [2.45, 2.75) is 63.5 Å². The third-order valence-electron chi connectivity index (χ3n) is 7.75. The zero-order valence-electron chi connectivity index (χ0n) is 17.3. The van der Waals surface area contributed by atoms with Crippen LogP contribution in [0.1, 0.15) is 61.9 Å². The van der Waals surface area contributed by atoms with E-state index in [1.54, 1.807) is 0 Å². The smallest absolute Gasteiger partial charge is 0.126 e. The number of hydrogen-bond donors (Lipinski definition) is 1. The Hall–Kier alpha value is -1.92. The molecule has 1 spiro atoms. The lowest BCUT2D eigenvalue weighted by molar-refractivity contribution is -0.103. The number of morpholine rings is 1. The summed E-state index contributed by atoms with van der Waals surface area (Å²) >= 11 is 0. The van der Waals surface area contributed by atoms with Gasteiger partial charge < -0.3 is 15.0 Å². The van der Waals surface area contributed by atoms with Gasteiger partial charge in [0.2, 0.25) is 0 Å². The molecule has 0 aromatic carbocycles. The average molecular weight is 394 g/mol. The van der Waals surface area contributed by atoms with Crippen molar-refractivity contribution in [2.75, 3.05) is 32.0 Å². The predicted octanol–water partition coefficient (Wildman–Crippen LogP) is 3.53. The highest BCUT2D eigenvalue weighted by molar-refractivity contribution is 5.61. The van der Waals surface area contributed by atoms with E-state index in [1.807, 2.05) is 13.1 Å². The first-order chi connectivity index (χ1) is 14.1. The van der Waals surface area contributed by atoms with Crippen LogP contribution in [0.5, 0.6) is 0 Å². The standard InChI is InChI=1S/C23H31N5O/c1-15-8-17(13-25-21(15)24)20-14-28(22(26-20)16-2-3-16)19-11-23(12-19)9-18(10-23)27-4-6-29-7-5-27/h8,13-14,16,18-19H,2-7,9-12H2,1H3,(H2,24,25). The molecule has 3 aliphatic carbocycles. The van der Waals surface area contributed by atoms with Crippen LogP contribution in [-0.4, -0.2) is 51.8 Å². The van der Waals surface area contributed by atoms with Crippen LogP contribution in [0.3, 0.4) is 0 Å². The van der Waals surface area contributed by atoms with Crippen molar-refractivity contribution >= 4 is 5.82 Å². The second kappa shape index (κ2) is 6.54. The highest BCUT2D eigenvalue weighted by Gasteiger charge is 2.55. The van der Waals surface area contributed by atoms with Crippen LogP contribution < -0.4 is 5.73 Å². The summed E-state index contributed by atoms with van der Waals surface area (Å²) in [5.41, 5.74) is 9.67. The Morgan fingerprint density at radius 2 is 1.83 bits per heavy atom. The van der Waals surface area contributed by atoms with E-state index in [-0.39, 0.29) is 0 Å². The monoisotopic (exact) mass is 393 g/mol. The molecule has 2 aromatic rings. The van der Waals surface area contributed by atoms with Crippen LogP contribution in [0.2, 0.25) is 0 Å². The molecule has 3 saturated carbocycles. The van der Waals surface area contributed by atoms with Gasteiger partial charge in [0, 0.05) is 49.0 Å². The maximum absolute atomic E-state index is 5.91. The molecule has 29 heavy (non-hydrogen) atoms. The van der Waals surface area contributed by atoms with Crippen LogP contribution in [0.25, 0.3) is 11.3 Å². The molecular weight excluding hydrogens is 362 g/mol. The van der Waals surface area contributed by atoms with Crippen LogP contribution in [0.4, 0.5) is 5.82 Å². The zero-order valence-corrected chi connectivity index (χ0v) is 17.3. The molecular formula is C23H31N5O. The van der Waals surface area contributed by atoms with Crippen LogP contribution >= 0.6 is 0 Å². The number of aromatic nitrogens is 3. The van der Waals surface area contributed by atoms with Gasteiger partial charge >= 0.3 is 0 Å². The fraction of sp³-hybridized carbons (Fsp3) is 0.652. The van der Waals surface area contributed by atoms with E-state index in [9.17, 15) is 0 Å². The van der Waals surface area contributed by atoms with Gasteiger partial charge in [-0.05, 0) is 62.5 Å². The van der Waals surface area contributed by atoms with Crippen molar-refractivity contribution in [2.24, 2.45) is 5.41 Å². The molecule has 0 bridgehead atoms. The summed E-state index contributed by atoms with van der Waals surface area (Å²) in [6, 6.07) is 3.54. The number of rotatable bonds is 4. The minimum atomic E-state index is 0.595. The first-order valence-corrected chi connectivity index (χ1v) is 11.2. The molecule has 2 aromatic heterocycles. The number of nitrogens with two attached hydrogens (primary N) is 1. The number of anilines is 1. The molecule has 1 aliphatic heterocycles. The van der Waals surface area contributed by atoms with Gasteiger partial charge in [-0.25, -0.2) is 9.97 Å². The van der Waals surface area contributed by atoms with Crippen LogP contribution in [-0.2, 0) is 4.74 Å². The number of imidazole rings is 1. The van der Waals surface area contributed by atoms with Gasteiger partial charge in [-0.2, -0.15) is 0 Å². The lowest BCUT2D eigenvalue weighted by Crippen LogP contribution is -2.58. The second-order valence-corrected chi connectivity index (χ2v) is 9.86. The van der Waals surface area contributed by atoms with Crippen LogP contribution in [0.15, 0.2) is 18.5 Å². The number of pyridine rings is 1. The van der Waals surface area contributed by atoms with Gasteiger partial charge in [0.05, 0.1) is 18.9 Å². The third-order valence-corrected chi connectivity index (χ3v) is 7.75. The van der Waals surface area contributed by atoms with Gasteiger partial charge in [0.1, 0.15) is 11.6 Å². The number of hydrogen-bond acceptors (Lipinski definition) is 5. The summed E-state index contributed by atoms with van der Waals surface area (Å²) < 4.78 is 8.04. The molecule has 4 aliphatic rings. The minimum absolute atomic E-state index is 0.595. The summed E-state index contributed by atoms with van der Waals surface area (Å²) in [4.78, 5) is 12.1.